The van der Waals surface area contributed by atoms with Gasteiger partial charge in [0.1, 0.15) is 0 Å². The molecule has 20 heavy (non-hydrogen) atoms. The Labute approximate surface area is 117 Å². The van der Waals surface area contributed by atoms with Crippen LogP contribution in [0.25, 0.3) is 0 Å². The van der Waals surface area contributed by atoms with Crippen molar-refractivity contribution < 1.29 is 9.32 Å². The summed E-state index contributed by atoms with van der Waals surface area (Å²) in [6, 6.07) is 3.82. The Bertz CT molecular complexity index is 553. The topological polar surface area (TPSA) is 72.1 Å². The summed E-state index contributed by atoms with van der Waals surface area (Å²) in [4.78, 5) is 21.8. The second kappa shape index (κ2) is 6.79. The number of aryl methyl sites for hydroxylation is 2. The predicted molar refractivity (Wildman–Crippen MR) is 72.7 cm³/mol. The summed E-state index contributed by atoms with van der Waals surface area (Å²) in [7, 11) is 1.80. The van der Waals surface area contributed by atoms with Crippen LogP contribution in [0.4, 0.5) is 0 Å². The van der Waals surface area contributed by atoms with Crippen molar-refractivity contribution in [2.45, 2.75) is 32.7 Å². The molecular formula is C14H18N4O2. The van der Waals surface area contributed by atoms with Crippen molar-refractivity contribution >= 4 is 5.91 Å². The lowest BCUT2D eigenvalue weighted by Crippen LogP contribution is -2.26. The second-order valence-corrected chi connectivity index (χ2v) is 4.70. The van der Waals surface area contributed by atoms with Gasteiger partial charge in [-0.15, -0.1) is 0 Å². The summed E-state index contributed by atoms with van der Waals surface area (Å²) in [5.74, 6) is 1.32. The second-order valence-electron chi connectivity index (χ2n) is 4.70. The quantitative estimate of drug-likeness (QED) is 0.802. The minimum Gasteiger partial charge on any atom is -0.341 e. The van der Waals surface area contributed by atoms with Crippen molar-refractivity contribution in [1.82, 2.24) is 20.0 Å². The molecule has 0 radical (unpaired) electrons. The standard InChI is InChI=1S/C14H18N4O2/c1-11-16-13(20-17-11)6-3-7-14(19)18(2)10-12-5-4-8-15-9-12/h4-5,8-9H,3,6-7,10H2,1-2H3. The fourth-order valence-electron chi connectivity index (χ4n) is 1.88. The molecule has 1 amide bonds. The first-order chi connectivity index (χ1) is 9.65. The van der Waals surface area contributed by atoms with Gasteiger partial charge in [0, 0.05) is 38.8 Å². The molecule has 0 aromatic carbocycles. The molecule has 0 atom stereocenters. The highest BCUT2D eigenvalue weighted by molar-refractivity contribution is 5.75. The van der Waals surface area contributed by atoms with Crippen molar-refractivity contribution in [2.75, 3.05) is 7.05 Å². The zero-order chi connectivity index (χ0) is 14.4. The first-order valence-corrected chi connectivity index (χ1v) is 6.57. The van der Waals surface area contributed by atoms with Crippen molar-refractivity contribution in [3.63, 3.8) is 0 Å². The molecular weight excluding hydrogens is 256 g/mol. The van der Waals surface area contributed by atoms with Gasteiger partial charge in [-0.1, -0.05) is 11.2 Å². The summed E-state index contributed by atoms with van der Waals surface area (Å²) in [6.45, 7) is 2.35. The Morgan fingerprint density at radius 2 is 2.30 bits per heavy atom. The average molecular weight is 274 g/mol. The van der Waals surface area contributed by atoms with Crippen LogP contribution in [0.1, 0.15) is 30.1 Å². The van der Waals surface area contributed by atoms with Crippen molar-refractivity contribution in [3.8, 4) is 0 Å². The first kappa shape index (κ1) is 14.2. The van der Waals surface area contributed by atoms with Crippen LogP contribution < -0.4 is 0 Å². The summed E-state index contributed by atoms with van der Waals surface area (Å²) in [5, 5.41) is 3.72. The molecule has 0 saturated heterocycles. The lowest BCUT2D eigenvalue weighted by atomic mass is 10.2. The van der Waals surface area contributed by atoms with Crippen molar-refractivity contribution in [2.24, 2.45) is 0 Å². The molecule has 0 fully saturated rings. The molecule has 0 aliphatic rings. The van der Waals surface area contributed by atoms with E-state index in [1.807, 2.05) is 12.1 Å². The molecule has 0 bridgehead atoms. The summed E-state index contributed by atoms with van der Waals surface area (Å²) >= 11 is 0. The van der Waals surface area contributed by atoms with Crippen LogP contribution in [-0.2, 0) is 17.8 Å². The van der Waals surface area contributed by atoms with E-state index in [1.54, 1.807) is 31.3 Å². The molecule has 6 nitrogen and oxygen atoms in total. The number of hydrogen-bond acceptors (Lipinski definition) is 5. The molecule has 6 heteroatoms. The Morgan fingerprint density at radius 3 is 2.95 bits per heavy atom. The van der Waals surface area contributed by atoms with Crippen LogP contribution in [0, 0.1) is 6.92 Å². The average Bonchev–Trinajstić information content (AvgIpc) is 2.85. The van der Waals surface area contributed by atoms with Gasteiger partial charge in [-0.05, 0) is 25.0 Å². The van der Waals surface area contributed by atoms with E-state index in [2.05, 4.69) is 15.1 Å². The highest BCUT2D eigenvalue weighted by atomic mass is 16.5. The molecule has 0 saturated carbocycles. The number of carbonyl (C=O) groups is 1. The Kier molecular flexibility index (Phi) is 4.81. The number of pyridine rings is 1. The lowest BCUT2D eigenvalue weighted by molar-refractivity contribution is -0.130. The van der Waals surface area contributed by atoms with Crippen LogP contribution in [0.15, 0.2) is 29.0 Å². The summed E-state index contributed by atoms with van der Waals surface area (Å²) < 4.78 is 5.01. The van der Waals surface area contributed by atoms with Gasteiger partial charge in [-0.3, -0.25) is 9.78 Å². The van der Waals surface area contributed by atoms with E-state index in [0.717, 1.165) is 5.56 Å². The largest absolute Gasteiger partial charge is 0.341 e. The van der Waals surface area contributed by atoms with E-state index in [1.165, 1.54) is 0 Å². The van der Waals surface area contributed by atoms with Crippen LogP contribution in [0.2, 0.25) is 0 Å². The Morgan fingerprint density at radius 1 is 1.45 bits per heavy atom. The van der Waals surface area contributed by atoms with Gasteiger partial charge in [0.15, 0.2) is 5.82 Å². The molecule has 0 aliphatic carbocycles. The monoisotopic (exact) mass is 274 g/mol. The van der Waals surface area contributed by atoms with Gasteiger partial charge in [0.05, 0.1) is 0 Å². The van der Waals surface area contributed by atoms with E-state index < -0.39 is 0 Å². The number of amides is 1. The maximum Gasteiger partial charge on any atom is 0.226 e. The molecule has 2 aromatic heterocycles. The molecule has 0 unspecified atom stereocenters. The zero-order valence-electron chi connectivity index (χ0n) is 11.7. The highest BCUT2D eigenvalue weighted by Gasteiger charge is 2.10. The van der Waals surface area contributed by atoms with Gasteiger partial charge in [-0.25, -0.2) is 0 Å². The van der Waals surface area contributed by atoms with E-state index in [-0.39, 0.29) is 5.91 Å². The predicted octanol–water partition coefficient (Wildman–Crippen LogP) is 1.75. The normalized spacial score (nSPS) is 10.5. The summed E-state index contributed by atoms with van der Waals surface area (Å²) in [6.07, 6.45) is 5.30. The van der Waals surface area contributed by atoms with Gasteiger partial charge in [-0.2, -0.15) is 4.98 Å². The Balaban J connectivity index is 1.74. The number of rotatable bonds is 6. The highest BCUT2D eigenvalue weighted by Crippen LogP contribution is 2.07. The van der Waals surface area contributed by atoms with E-state index in [9.17, 15) is 4.79 Å². The van der Waals surface area contributed by atoms with Gasteiger partial charge < -0.3 is 9.42 Å². The molecule has 2 heterocycles. The van der Waals surface area contributed by atoms with Crippen molar-refractivity contribution in [3.05, 3.63) is 41.8 Å². The van der Waals surface area contributed by atoms with Crippen molar-refractivity contribution in [1.29, 1.82) is 0 Å². The number of hydrogen-bond donors (Lipinski definition) is 0. The number of aromatic nitrogens is 3. The van der Waals surface area contributed by atoms with Crippen LogP contribution in [0.3, 0.4) is 0 Å². The fourth-order valence-corrected chi connectivity index (χ4v) is 1.88. The fraction of sp³-hybridized carbons (Fsp3) is 0.429. The molecule has 0 spiro atoms. The van der Waals surface area contributed by atoms with Crippen LogP contribution in [0.5, 0.6) is 0 Å². The molecule has 2 rings (SSSR count). The maximum atomic E-state index is 12.0. The first-order valence-electron chi connectivity index (χ1n) is 6.57. The van der Waals surface area contributed by atoms with Crippen LogP contribution >= 0.6 is 0 Å². The zero-order valence-corrected chi connectivity index (χ0v) is 11.7. The third-order valence-corrected chi connectivity index (χ3v) is 2.92. The maximum absolute atomic E-state index is 12.0. The Hall–Kier alpha value is -2.24. The molecule has 2 aromatic rings. The summed E-state index contributed by atoms with van der Waals surface area (Å²) in [5.41, 5.74) is 1.02. The van der Waals surface area contributed by atoms with E-state index in [4.69, 9.17) is 4.52 Å². The molecule has 106 valence electrons. The van der Waals surface area contributed by atoms with E-state index >= 15 is 0 Å². The van der Waals surface area contributed by atoms with Crippen LogP contribution in [-0.4, -0.2) is 33.0 Å². The van der Waals surface area contributed by atoms with Gasteiger partial charge in [0.2, 0.25) is 11.8 Å². The lowest BCUT2D eigenvalue weighted by Gasteiger charge is -2.16. The molecule has 0 aliphatic heterocycles. The minimum atomic E-state index is 0.102. The number of nitrogens with zero attached hydrogens (tertiary/aromatic N) is 4. The third-order valence-electron chi connectivity index (χ3n) is 2.92. The van der Waals surface area contributed by atoms with Gasteiger partial charge in [0.25, 0.3) is 0 Å². The third kappa shape index (κ3) is 4.15. The SMILES string of the molecule is Cc1noc(CCCC(=O)N(C)Cc2cccnc2)n1. The smallest absolute Gasteiger partial charge is 0.226 e. The minimum absolute atomic E-state index is 0.102. The molecule has 0 N–H and O–H groups in total. The van der Waals surface area contributed by atoms with E-state index in [0.29, 0.717) is 37.5 Å². The number of carbonyl (C=O) groups excluding carboxylic acids is 1. The van der Waals surface area contributed by atoms with Gasteiger partial charge >= 0.3 is 0 Å².